The smallest absolute Gasteiger partial charge is 0.151 e. The Labute approximate surface area is 78.1 Å². The van der Waals surface area contributed by atoms with E-state index < -0.39 is 0 Å². The monoisotopic (exact) mass is 181 g/mol. The number of likely N-dealkylation sites (N-methyl/N-ethyl adjacent to an activating group) is 1. The van der Waals surface area contributed by atoms with Gasteiger partial charge < -0.3 is 4.90 Å². The number of hydrogen-bond donors (Lipinski definition) is 0. The van der Waals surface area contributed by atoms with E-state index in [0.29, 0.717) is 13.0 Å². The van der Waals surface area contributed by atoms with E-state index >= 15 is 0 Å². The summed E-state index contributed by atoms with van der Waals surface area (Å²) in [4.78, 5) is 13.2. The van der Waals surface area contributed by atoms with Crippen LogP contribution in [0, 0.1) is 0 Å². The van der Waals surface area contributed by atoms with E-state index in [2.05, 4.69) is 5.10 Å². The van der Waals surface area contributed by atoms with Crippen molar-refractivity contribution < 1.29 is 4.79 Å². The number of rotatable bonds is 4. The van der Waals surface area contributed by atoms with Gasteiger partial charge in [-0.2, -0.15) is 5.10 Å². The normalized spacial score (nSPS) is 10.8. The number of ketones is 1. The van der Waals surface area contributed by atoms with Crippen LogP contribution in [0.15, 0.2) is 12.4 Å². The molecule has 13 heavy (non-hydrogen) atoms. The van der Waals surface area contributed by atoms with Gasteiger partial charge in [0.15, 0.2) is 5.78 Å². The van der Waals surface area contributed by atoms with E-state index in [1.165, 1.54) is 0 Å². The quantitative estimate of drug-likeness (QED) is 0.661. The van der Waals surface area contributed by atoms with Crippen LogP contribution in [-0.2, 0) is 18.3 Å². The average Bonchev–Trinajstić information content (AvgIpc) is 2.33. The van der Waals surface area contributed by atoms with Crippen molar-refractivity contribution in [1.29, 1.82) is 0 Å². The summed E-state index contributed by atoms with van der Waals surface area (Å²) in [6.45, 7) is 0.495. The fraction of sp³-hybridized carbons (Fsp3) is 0.556. The molecule has 0 fully saturated rings. The zero-order chi connectivity index (χ0) is 9.84. The third-order valence-corrected chi connectivity index (χ3v) is 1.65. The SMILES string of the molecule is CN(C)CC(=O)Cc1cnn(C)c1. The average molecular weight is 181 g/mol. The zero-order valence-corrected chi connectivity index (χ0v) is 8.32. The highest BCUT2D eigenvalue weighted by Gasteiger charge is 2.05. The molecule has 1 aromatic rings. The maximum Gasteiger partial charge on any atom is 0.151 e. The summed E-state index contributed by atoms with van der Waals surface area (Å²) < 4.78 is 1.71. The maximum atomic E-state index is 11.4. The molecule has 1 rings (SSSR count). The fourth-order valence-electron chi connectivity index (χ4n) is 1.20. The van der Waals surface area contributed by atoms with Gasteiger partial charge in [0.2, 0.25) is 0 Å². The van der Waals surface area contributed by atoms with E-state index in [4.69, 9.17) is 0 Å². The summed E-state index contributed by atoms with van der Waals surface area (Å²) >= 11 is 0. The Bertz CT molecular complexity index is 291. The molecule has 0 aliphatic carbocycles. The van der Waals surface area contributed by atoms with Gasteiger partial charge in [-0.25, -0.2) is 0 Å². The number of Topliss-reactive ketones (excluding diaryl/α,β-unsaturated/α-hetero) is 1. The van der Waals surface area contributed by atoms with Crippen LogP contribution in [-0.4, -0.2) is 41.1 Å². The lowest BCUT2D eigenvalue weighted by molar-refractivity contribution is -0.119. The molecule has 0 unspecified atom stereocenters. The van der Waals surface area contributed by atoms with Crippen molar-refractivity contribution in [3.8, 4) is 0 Å². The van der Waals surface area contributed by atoms with Crippen LogP contribution >= 0.6 is 0 Å². The van der Waals surface area contributed by atoms with Crippen molar-refractivity contribution in [1.82, 2.24) is 14.7 Å². The summed E-state index contributed by atoms with van der Waals surface area (Å²) in [6.07, 6.45) is 4.08. The van der Waals surface area contributed by atoms with Crippen molar-refractivity contribution in [2.75, 3.05) is 20.6 Å². The van der Waals surface area contributed by atoms with Gasteiger partial charge in [-0.1, -0.05) is 0 Å². The number of carbonyl (C=O) groups is 1. The molecule has 0 bridgehead atoms. The highest BCUT2D eigenvalue weighted by atomic mass is 16.1. The first kappa shape index (κ1) is 9.92. The largest absolute Gasteiger partial charge is 0.302 e. The van der Waals surface area contributed by atoms with E-state index in [1.54, 1.807) is 10.9 Å². The fourth-order valence-corrected chi connectivity index (χ4v) is 1.20. The van der Waals surface area contributed by atoms with Gasteiger partial charge in [0.05, 0.1) is 12.7 Å². The number of carbonyl (C=O) groups excluding carboxylic acids is 1. The minimum Gasteiger partial charge on any atom is -0.302 e. The molecule has 1 heterocycles. The lowest BCUT2D eigenvalue weighted by atomic mass is 10.2. The predicted molar refractivity (Wildman–Crippen MR) is 50.5 cm³/mol. The van der Waals surface area contributed by atoms with Crippen molar-refractivity contribution in [2.45, 2.75) is 6.42 Å². The highest BCUT2D eigenvalue weighted by molar-refractivity contribution is 5.82. The van der Waals surface area contributed by atoms with Gasteiger partial charge in [0.1, 0.15) is 0 Å². The summed E-state index contributed by atoms with van der Waals surface area (Å²) in [7, 11) is 5.63. The lowest BCUT2D eigenvalue weighted by Crippen LogP contribution is -2.22. The molecule has 0 saturated carbocycles. The molecule has 0 aliphatic rings. The molecular formula is C9H15N3O. The summed E-state index contributed by atoms with van der Waals surface area (Å²) in [5.74, 6) is 0.220. The van der Waals surface area contributed by atoms with Crippen molar-refractivity contribution in [2.24, 2.45) is 7.05 Å². The van der Waals surface area contributed by atoms with Gasteiger partial charge >= 0.3 is 0 Å². The van der Waals surface area contributed by atoms with E-state index in [9.17, 15) is 4.79 Å². The van der Waals surface area contributed by atoms with Crippen LogP contribution in [0.3, 0.4) is 0 Å². The molecule has 0 amide bonds. The molecule has 0 N–H and O–H groups in total. The summed E-state index contributed by atoms with van der Waals surface area (Å²) in [5.41, 5.74) is 0.981. The molecule has 0 spiro atoms. The Morgan fingerprint density at radius 3 is 2.77 bits per heavy atom. The van der Waals surface area contributed by atoms with Gasteiger partial charge in [-0.3, -0.25) is 9.48 Å². The van der Waals surface area contributed by atoms with Crippen molar-refractivity contribution in [3.63, 3.8) is 0 Å². The topological polar surface area (TPSA) is 38.1 Å². The lowest BCUT2D eigenvalue weighted by Gasteiger charge is -2.06. The molecular weight excluding hydrogens is 166 g/mol. The third kappa shape index (κ3) is 3.38. The van der Waals surface area contributed by atoms with Gasteiger partial charge in [-0.05, 0) is 19.7 Å². The Kier molecular flexibility index (Phi) is 3.19. The van der Waals surface area contributed by atoms with Gasteiger partial charge in [0.25, 0.3) is 0 Å². The first-order chi connectivity index (χ1) is 6.08. The molecule has 4 heteroatoms. The minimum absolute atomic E-state index is 0.220. The zero-order valence-electron chi connectivity index (χ0n) is 8.32. The van der Waals surface area contributed by atoms with Gasteiger partial charge in [0, 0.05) is 19.7 Å². The third-order valence-electron chi connectivity index (χ3n) is 1.65. The second-order valence-electron chi connectivity index (χ2n) is 3.48. The number of hydrogen-bond acceptors (Lipinski definition) is 3. The first-order valence-electron chi connectivity index (χ1n) is 4.22. The second kappa shape index (κ2) is 4.18. The first-order valence-corrected chi connectivity index (χ1v) is 4.22. The summed E-state index contributed by atoms with van der Waals surface area (Å²) in [6, 6.07) is 0. The van der Waals surface area contributed by atoms with E-state index in [1.807, 2.05) is 32.2 Å². The van der Waals surface area contributed by atoms with Crippen LogP contribution in [0.1, 0.15) is 5.56 Å². The van der Waals surface area contributed by atoms with Crippen LogP contribution in [0.4, 0.5) is 0 Å². The van der Waals surface area contributed by atoms with E-state index in [-0.39, 0.29) is 5.78 Å². The Balaban J connectivity index is 2.45. The molecule has 4 nitrogen and oxygen atoms in total. The van der Waals surface area contributed by atoms with Crippen molar-refractivity contribution in [3.05, 3.63) is 18.0 Å². The van der Waals surface area contributed by atoms with Crippen molar-refractivity contribution >= 4 is 5.78 Å². The van der Waals surface area contributed by atoms with Crippen LogP contribution in [0.2, 0.25) is 0 Å². The molecule has 72 valence electrons. The Morgan fingerprint density at radius 2 is 2.31 bits per heavy atom. The molecule has 0 atom stereocenters. The summed E-state index contributed by atoms with van der Waals surface area (Å²) in [5, 5.41) is 4.00. The second-order valence-corrected chi connectivity index (χ2v) is 3.48. The molecule has 0 aromatic carbocycles. The predicted octanol–water partition coefficient (Wildman–Crippen LogP) is 0.0933. The number of aromatic nitrogens is 2. The van der Waals surface area contributed by atoms with Crippen LogP contribution < -0.4 is 0 Å². The molecule has 1 aromatic heterocycles. The molecule has 0 saturated heterocycles. The standard InChI is InChI=1S/C9H15N3O/c1-11(2)7-9(13)4-8-5-10-12(3)6-8/h5-6H,4,7H2,1-3H3. The molecule has 0 aliphatic heterocycles. The highest BCUT2D eigenvalue weighted by Crippen LogP contribution is 1.98. The van der Waals surface area contributed by atoms with Gasteiger partial charge in [-0.15, -0.1) is 0 Å². The number of nitrogens with zero attached hydrogens (tertiary/aromatic N) is 3. The van der Waals surface area contributed by atoms with Crippen LogP contribution in [0.5, 0.6) is 0 Å². The Morgan fingerprint density at radius 1 is 1.62 bits per heavy atom. The Hall–Kier alpha value is -1.16. The van der Waals surface area contributed by atoms with E-state index in [0.717, 1.165) is 5.56 Å². The molecule has 0 radical (unpaired) electrons. The number of aryl methyl sites for hydroxylation is 1. The minimum atomic E-state index is 0.220. The maximum absolute atomic E-state index is 11.4. The van der Waals surface area contributed by atoms with Crippen LogP contribution in [0.25, 0.3) is 0 Å².